The molecule has 0 fully saturated rings. The molecular weight excluding hydrogens is 423 g/mol. The Bertz CT molecular complexity index is 915. The molecule has 0 aliphatic carbocycles. The van der Waals surface area contributed by atoms with E-state index < -0.39 is 6.04 Å². The van der Waals surface area contributed by atoms with E-state index in [9.17, 15) is 14.0 Å². The second-order valence-electron chi connectivity index (χ2n) is 8.40. The van der Waals surface area contributed by atoms with Crippen molar-refractivity contribution in [2.45, 2.75) is 52.6 Å². The zero-order valence-electron chi connectivity index (χ0n) is 20.2. The first-order valence-corrected chi connectivity index (χ1v) is 11.3. The molecule has 0 aliphatic heterocycles. The predicted octanol–water partition coefficient (Wildman–Crippen LogP) is 4.36. The van der Waals surface area contributed by atoms with Crippen LogP contribution in [0.25, 0.3) is 0 Å². The topological polar surface area (TPSA) is 67.9 Å². The molecule has 1 unspecified atom stereocenters. The molecule has 0 bridgehead atoms. The summed E-state index contributed by atoms with van der Waals surface area (Å²) in [6, 6.07) is 11.0. The van der Waals surface area contributed by atoms with E-state index in [1.54, 1.807) is 31.3 Å². The fourth-order valence-corrected chi connectivity index (χ4v) is 3.56. The third kappa shape index (κ3) is 7.77. The zero-order valence-corrected chi connectivity index (χ0v) is 20.2. The van der Waals surface area contributed by atoms with Crippen LogP contribution in [0.2, 0.25) is 0 Å². The number of carbonyl (C=O) groups is 2. The predicted molar refractivity (Wildman–Crippen MR) is 127 cm³/mol. The molecule has 1 N–H and O–H groups in total. The van der Waals surface area contributed by atoms with Gasteiger partial charge in [-0.2, -0.15) is 0 Å². The minimum absolute atomic E-state index is 0.138. The third-order valence-electron chi connectivity index (χ3n) is 5.41. The van der Waals surface area contributed by atoms with Gasteiger partial charge in [-0.25, -0.2) is 4.39 Å². The SMILES string of the molecule is CCC(C(=O)NCC(C)C)N(Cc1ccc(F)cc1)C(=O)CCc1ccc(OC)c(OC)c1. The molecule has 0 saturated carbocycles. The molecular formula is C26H35FN2O4. The van der Waals surface area contributed by atoms with Gasteiger partial charge in [-0.3, -0.25) is 9.59 Å². The maximum Gasteiger partial charge on any atom is 0.242 e. The number of methoxy groups -OCH3 is 2. The van der Waals surface area contributed by atoms with Crippen molar-refractivity contribution in [3.8, 4) is 11.5 Å². The molecule has 2 amide bonds. The van der Waals surface area contributed by atoms with Gasteiger partial charge in [0, 0.05) is 19.5 Å². The molecule has 2 aromatic rings. The van der Waals surface area contributed by atoms with Crippen LogP contribution in [0.15, 0.2) is 42.5 Å². The fourth-order valence-electron chi connectivity index (χ4n) is 3.56. The zero-order chi connectivity index (χ0) is 24.4. The standard InChI is InChI=1S/C26H35FN2O4/c1-6-22(26(31)28-16-18(2)3)29(17-20-7-11-21(27)12-8-20)25(30)14-10-19-9-13-23(32-4)24(15-19)33-5/h7-9,11-13,15,18,22H,6,10,14,16-17H2,1-5H3,(H,28,31). The van der Waals surface area contributed by atoms with Crippen LogP contribution in [0.3, 0.4) is 0 Å². The van der Waals surface area contributed by atoms with Crippen LogP contribution in [-0.4, -0.2) is 43.5 Å². The van der Waals surface area contributed by atoms with E-state index in [0.717, 1.165) is 11.1 Å². The third-order valence-corrected chi connectivity index (χ3v) is 5.41. The van der Waals surface area contributed by atoms with Gasteiger partial charge in [-0.1, -0.05) is 39.0 Å². The number of carbonyl (C=O) groups excluding carboxylic acids is 2. The summed E-state index contributed by atoms with van der Waals surface area (Å²) in [6.45, 7) is 6.70. The van der Waals surface area contributed by atoms with E-state index >= 15 is 0 Å². The summed E-state index contributed by atoms with van der Waals surface area (Å²) in [5.74, 6) is 0.876. The molecule has 0 radical (unpaired) electrons. The summed E-state index contributed by atoms with van der Waals surface area (Å²) >= 11 is 0. The van der Waals surface area contributed by atoms with Crippen LogP contribution in [0, 0.1) is 11.7 Å². The van der Waals surface area contributed by atoms with Crippen LogP contribution < -0.4 is 14.8 Å². The lowest BCUT2D eigenvalue weighted by molar-refractivity contribution is -0.141. The van der Waals surface area contributed by atoms with E-state index in [1.165, 1.54) is 12.1 Å². The van der Waals surface area contributed by atoms with Crippen molar-refractivity contribution >= 4 is 11.8 Å². The minimum atomic E-state index is -0.605. The highest BCUT2D eigenvalue weighted by molar-refractivity contribution is 5.87. The van der Waals surface area contributed by atoms with Gasteiger partial charge in [0.25, 0.3) is 0 Å². The Balaban J connectivity index is 2.20. The maximum absolute atomic E-state index is 13.4. The summed E-state index contributed by atoms with van der Waals surface area (Å²) in [5.41, 5.74) is 1.70. The van der Waals surface area contributed by atoms with E-state index in [2.05, 4.69) is 5.32 Å². The summed E-state index contributed by atoms with van der Waals surface area (Å²) in [6.07, 6.45) is 1.20. The van der Waals surface area contributed by atoms with E-state index in [0.29, 0.717) is 36.8 Å². The second-order valence-corrected chi connectivity index (χ2v) is 8.40. The summed E-state index contributed by atoms with van der Waals surface area (Å²) < 4.78 is 24.0. The average Bonchev–Trinajstić information content (AvgIpc) is 2.81. The van der Waals surface area contributed by atoms with Crippen molar-refractivity contribution in [1.29, 1.82) is 0 Å². The van der Waals surface area contributed by atoms with Crippen molar-refractivity contribution in [3.05, 3.63) is 59.4 Å². The monoisotopic (exact) mass is 458 g/mol. The molecule has 2 rings (SSSR count). The Labute approximate surface area is 196 Å². The lowest BCUT2D eigenvalue weighted by Crippen LogP contribution is -2.49. The van der Waals surface area contributed by atoms with Gasteiger partial charge in [0.15, 0.2) is 11.5 Å². The molecule has 33 heavy (non-hydrogen) atoms. The van der Waals surface area contributed by atoms with Crippen molar-refractivity contribution in [1.82, 2.24) is 10.2 Å². The van der Waals surface area contributed by atoms with Gasteiger partial charge in [0.2, 0.25) is 11.8 Å². The number of ether oxygens (including phenoxy) is 2. The average molecular weight is 459 g/mol. The Hall–Kier alpha value is -3.09. The van der Waals surface area contributed by atoms with Crippen molar-refractivity contribution < 1.29 is 23.5 Å². The van der Waals surface area contributed by atoms with Gasteiger partial charge < -0.3 is 19.7 Å². The molecule has 0 aromatic heterocycles. The first kappa shape index (κ1) is 26.2. The molecule has 0 heterocycles. The molecule has 7 heteroatoms. The number of hydrogen-bond donors (Lipinski definition) is 1. The highest BCUT2D eigenvalue weighted by Gasteiger charge is 2.28. The van der Waals surface area contributed by atoms with E-state index in [1.807, 2.05) is 39.0 Å². The maximum atomic E-state index is 13.4. The van der Waals surface area contributed by atoms with Crippen LogP contribution in [0.1, 0.15) is 44.7 Å². The minimum Gasteiger partial charge on any atom is -0.493 e. The number of amides is 2. The van der Waals surface area contributed by atoms with Crippen LogP contribution in [0.4, 0.5) is 4.39 Å². The van der Waals surface area contributed by atoms with Crippen molar-refractivity contribution in [3.63, 3.8) is 0 Å². The number of benzene rings is 2. The Morgan fingerprint density at radius 3 is 2.21 bits per heavy atom. The van der Waals surface area contributed by atoms with Crippen molar-refractivity contribution in [2.75, 3.05) is 20.8 Å². The number of nitrogens with one attached hydrogen (secondary N) is 1. The molecule has 2 aromatic carbocycles. The normalized spacial score (nSPS) is 11.7. The molecule has 1 atom stereocenters. The summed E-state index contributed by atoms with van der Waals surface area (Å²) in [7, 11) is 3.14. The van der Waals surface area contributed by atoms with Crippen LogP contribution in [-0.2, 0) is 22.6 Å². The Kier molecular flexibility index (Phi) is 10.2. The number of halogens is 1. The molecule has 0 saturated heterocycles. The van der Waals surface area contributed by atoms with Crippen LogP contribution in [0.5, 0.6) is 11.5 Å². The van der Waals surface area contributed by atoms with Gasteiger partial charge in [0.1, 0.15) is 11.9 Å². The first-order chi connectivity index (χ1) is 15.8. The number of nitrogens with zero attached hydrogens (tertiary/aromatic N) is 1. The van der Waals surface area contributed by atoms with Gasteiger partial charge in [0.05, 0.1) is 14.2 Å². The van der Waals surface area contributed by atoms with E-state index in [-0.39, 0.29) is 30.6 Å². The quantitative estimate of drug-likeness (QED) is 0.513. The second kappa shape index (κ2) is 12.8. The Morgan fingerprint density at radius 2 is 1.64 bits per heavy atom. The lowest BCUT2D eigenvalue weighted by atomic mass is 10.1. The molecule has 0 spiro atoms. The highest BCUT2D eigenvalue weighted by atomic mass is 19.1. The number of hydrogen-bond acceptors (Lipinski definition) is 4. The molecule has 0 aliphatic rings. The van der Waals surface area contributed by atoms with Gasteiger partial charge >= 0.3 is 0 Å². The first-order valence-electron chi connectivity index (χ1n) is 11.3. The highest BCUT2D eigenvalue weighted by Crippen LogP contribution is 2.28. The largest absolute Gasteiger partial charge is 0.493 e. The van der Waals surface area contributed by atoms with Crippen LogP contribution >= 0.6 is 0 Å². The number of aryl methyl sites for hydroxylation is 1. The lowest BCUT2D eigenvalue weighted by Gasteiger charge is -2.31. The molecule has 180 valence electrons. The van der Waals surface area contributed by atoms with Gasteiger partial charge in [-0.15, -0.1) is 0 Å². The molecule has 6 nitrogen and oxygen atoms in total. The smallest absolute Gasteiger partial charge is 0.242 e. The van der Waals surface area contributed by atoms with Crippen molar-refractivity contribution in [2.24, 2.45) is 5.92 Å². The fraction of sp³-hybridized carbons (Fsp3) is 0.462. The Morgan fingerprint density at radius 1 is 1.00 bits per heavy atom. The van der Waals surface area contributed by atoms with Gasteiger partial charge in [-0.05, 0) is 54.2 Å². The van der Waals surface area contributed by atoms with E-state index in [4.69, 9.17) is 9.47 Å². The summed E-state index contributed by atoms with van der Waals surface area (Å²) in [4.78, 5) is 27.8. The summed E-state index contributed by atoms with van der Waals surface area (Å²) in [5, 5.41) is 2.94. The number of rotatable bonds is 12.